The lowest BCUT2D eigenvalue weighted by molar-refractivity contribution is 0.0743. The number of halogens is 2. The van der Waals surface area contributed by atoms with E-state index in [0.717, 1.165) is 30.6 Å². The van der Waals surface area contributed by atoms with Gasteiger partial charge in [-0.2, -0.15) is 0 Å². The fourth-order valence-corrected chi connectivity index (χ4v) is 4.51. The molecule has 7 nitrogen and oxygen atoms in total. The fraction of sp³-hybridized carbons (Fsp3) is 0.600. The Morgan fingerprint density at radius 2 is 1.89 bits per heavy atom. The summed E-state index contributed by atoms with van der Waals surface area (Å²) < 4.78 is 27.6. The summed E-state index contributed by atoms with van der Waals surface area (Å²) in [5, 5.41) is 2.88. The van der Waals surface area contributed by atoms with Crippen LogP contribution in [0.2, 0.25) is 0 Å². The highest BCUT2D eigenvalue weighted by Gasteiger charge is 2.32. The van der Waals surface area contributed by atoms with Gasteiger partial charge in [-0.25, -0.2) is 18.7 Å². The maximum Gasteiger partial charge on any atom is 0.277 e. The number of pyridine rings is 1. The molecule has 2 aromatic heterocycles. The van der Waals surface area contributed by atoms with Crippen LogP contribution in [-0.2, 0) is 0 Å². The first kappa shape index (κ1) is 28.6. The Kier molecular flexibility index (Phi) is 11.5. The molecule has 1 aliphatic carbocycles. The molecule has 4 rings (SSSR count). The van der Waals surface area contributed by atoms with Crippen molar-refractivity contribution >= 4 is 29.0 Å². The van der Waals surface area contributed by atoms with Gasteiger partial charge in [0.05, 0.1) is 4.88 Å². The van der Waals surface area contributed by atoms with Crippen LogP contribution in [0.5, 0.6) is 0 Å². The lowest BCUT2D eigenvalue weighted by atomic mass is 10.0. The van der Waals surface area contributed by atoms with E-state index < -0.39 is 12.3 Å². The molecule has 1 saturated carbocycles. The first-order valence-corrected chi connectivity index (χ1v) is 13.3. The number of nitrogens with zero attached hydrogens (tertiary/aromatic N) is 3. The van der Waals surface area contributed by atoms with Crippen LogP contribution < -0.4 is 11.1 Å². The monoisotopic (exact) mass is 509 g/mol. The molecular formula is C25H37F2N5O2S. The predicted octanol–water partition coefficient (Wildman–Crippen LogP) is 6.27. The van der Waals surface area contributed by atoms with E-state index in [9.17, 15) is 18.4 Å². The van der Waals surface area contributed by atoms with Gasteiger partial charge in [0.1, 0.15) is 11.5 Å². The number of anilines is 1. The molecule has 1 aliphatic heterocycles. The van der Waals surface area contributed by atoms with Gasteiger partial charge in [0, 0.05) is 36.5 Å². The molecule has 2 aromatic rings. The number of aromatic nitrogens is 2. The Balaban J connectivity index is 0.000000639. The minimum atomic E-state index is -2.79. The number of carbonyl (C=O) groups excluding carboxylic acids is 2. The third kappa shape index (κ3) is 7.43. The quantitative estimate of drug-likeness (QED) is 0.458. The maximum absolute atomic E-state index is 13.8. The van der Waals surface area contributed by atoms with Crippen molar-refractivity contribution in [1.29, 1.82) is 0 Å². The summed E-state index contributed by atoms with van der Waals surface area (Å²) in [6.07, 6.45) is 7.04. The van der Waals surface area contributed by atoms with Crippen molar-refractivity contribution in [2.45, 2.75) is 85.1 Å². The van der Waals surface area contributed by atoms with Crippen LogP contribution in [0.25, 0.3) is 10.4 Å². The molecule has 2 amide bonds. The summed E-state index contributed by atoms with van der Waals surface area (Å²) in [6.45, 7) is 9.03. The van der Waals surface area contributed by atoms with E-state index in [1.807, 2.05) is 27.7 Å². The zero-order valence-electron chi connectivity index (χ0n) is 21.1. The van der Waals surface area contributed by atoms with Gasteiger partial charge in [0.2, 0.25) is 0 Å². The van der Waals surface area contributed by atoms with Gasteiger partial charge in [0.15, 0.2) is 5.01 Å². The Morgan fingerprint density at radius 1 is 1.23 bits per heavy atom. The summed E-state index contributed by atoms with van der Waals surface area (Å²) >= 11 is 0.837. The number of primary amides is 1. The SMILES string of the molecule is C1CCC1.CC.CCCNc1cc(C(F)F)c(-c2sc(C(N)=O)nc2C(=O)N2CCCC2C)cn1. The number of rotatable bonds is 7. The maximum atomic E-state index is 13.8. The van der Waals surface area contributed by atoms with Crippen LogP contribution >= 0.6 is 11.3 Å². The van der Waals surface area contributed by atoms with Crippen molar-refractivity contribution in [2.75, 3.05) is 18.4 Å². The van der Waals surface area contributed by atoms with E-state index in [0.29, 0.717) is 18.9 Å². The molecule has 1 atom stereocenters. The van der Waals surface area contributed by atoms with Gasteiger partial charge < -0.3 is 16.0 Å². The summed E-state index contributed by atoms with van der Waals surface area (Å²) in [5.41, 5.74) is 5.12. The second kappa shape index (κ2) is 14.1. The molecule has 0 aromatic carbocycles. The molecule has 35 heavy (non-hydrogen) atoms. The van der Waals surface area contributed by atoms with Gasteiger partial charge in [-0.15, -0.1) is 11.3 Å². The minimum Gasteiger partial charge on any atom is -0.370 e. The second-order valence-electron chi connectivity index (χ2n) is 8.35. The second-order valence-corrected chi connectivity index (χ2v) is 9.35. The molecule has 0 bridgehead atoms. The van der Waals surface area contributed by atoms with Gasteiger partial charge in [-0.1, -0.05) is 46.5 Å². The first-order valence-electron chi connectivity index (χ1n) is 12.5. The molecule has 2 aliphatic rings. The van der Waals surface area contributed by atoms with E-state index in [2.05, 4.69) is 15.3 Å². The van der Waals surface area contributed by atoms with Gasteiger partial charge in [-0.05, 0) is 32.3 Å². The number of hydrogen-bond donors (Lipinski definition) is 2. The van der Waals surface area contributed by atoms with Gasteiger partial charge in [0.25, 0.3) is 18.2 Å². The van der Waals surface area contributed by atoms with Crippen molar-refractivity contribution in [1.82, 2.24) is 14.9 Å². The average molecular weight is 510 g/mol. The highest BCUT2D eigenvalue weighted by atomic mass is 32.1. The predicted molar refractivity (Wildman–Crippen MR) is 137 cm³/mol. The highest BCUT2D eigenvalue weighted by molar-refractivity contribution is 7.17. The molecule has 0 radical (unpaired) electrons. The van der Waals surface area contributed by atoms with Crippen LogP contribution in [0.1, 0.15) is 105 Å². The summed E-state index contributed by atoms with van der Waals surface area (Å²) in [5.74, 6) is -0.869. The minimum absolute atomic E-state index is 0.0161. The Hall–Kier alpha value is -2.62. The number of amides is 2. The van der Waals surface area contributed by atoms with E-state index in [1.165, 1.54) is 37.9 Å². The van der Waals surface area contributed by atoms with Crippen molar-refractivity contribution < 1.29 is 18.4 Å². The molecule has 1 unspecified atom stereocenters. The first-order chi connectivity index (χ1) is 16.8. The molecule has 3 N–H and O–H groups in total. The molecule has 2 fully saturated rings. The molecule has 3 heterocycles. The standard InChI is InChI=1S/C19H23F2N5O2S.C4H8.C2H6/c1-3-6-23-13-8-11(16(20)21)12(9-24-13)15-14(25-18(29-15)17(22)27)19(28)26-7-4-5-10(26)2;1-2-4-3-1;1-2/h8-10,16H,3-7H2,1-2H3,(H2,22,27)(H,23,24);1-4H2;1-2H3. The third-order valence-corrected chi connectivity index (χ3v) is 6.93. The molecular weight excluding hydrogens is 472 g/mol. The third-order valence-electron chi connectivity index (χ3n) is 5.83. The normalized spacial score (nSPS) is 16.5. The lowest BCUT2D eigenvalue weighted by Crippen LogP contribution is -2.34. The van der Waals surface area contributed by atoms with Crippen LogP contribution in [0.3, 0.4) is 0 Å². The van der Waals surface area contributed by atoms with E-state index in [4.69, 9.17) is 5.73 Å². The van der Waals surface area contributed by atoms with E-state index >= 15 is 0 Å². The van der Waals surface area contributed by atoms with E-state index in [-0.39, 0.29) is 38.7 Å². The van der Waals surface area contributed by atoms with Crippen molar-refractivity contribution in [2.24, 2.45) is 5.73 Å². The average Bonchev–Trinajstić information content (AvgIpc) is 3.44. The smallest absolute Gasteiger partial charge is 0.277 e. The number of likely N-dealkylation sites (tertiary alicyclic amines) is 1. The summed E-state index contributed by atoms with van der Waals surface area (Å²) in [4.78, 5) is 34.9. The van der Waals surface area contributed by atoms with Gasteiger partial charge in [-0.3, -0.25) is 9.59 Å². The van der Waals surface area contributed by atoms with Crippen LogP contribution in [-0.4, -0.2) is 45.8 Å². The molecule has 10 heteroatoms. The number of nitrogens with one attached hydrogen (secondary N) is 1. The zero-order chi connectivity index (χ0) is 26.0. The van der Waals surface area contributed by atoms with Crippen molar-refractivity contribution in [3.8, 4) is 10.4 Å². The van der Waals surface area contributed by atoms with Crippen LogP contribution in [0.15, 0.2) is 12.3 Å². The number of alkyl halides is 2. The Bertz CT molecular complexity index is 975. The summed E-state index contributed by atoms with van der Waals surface area (Å²) in [7, 11) is 0. The highest BCUT2D eigenvalue weighted by Crippen LogP contribution is 2.38. The number of nitrogens with two attached hydrogens (primary N) is 1. The number of carbonyl (C=O) groups is 2. The molecule has 194 valence electrons. The summed E-state index contributed by atoms with van der Waals surface area (Å²) in [6, 6.07) is 1.29. The molecule has 0 spiro atoms. The topological polar surface area (TPSA) is 101 Å². The fourth-order valence-electron chi connectivity index (χ4n) is 3.56. The Morgan fingerprint density at radius 3 is 2.37 bits per heavy atom. The van der Waals surface area contributed by atoms with Crippen molar-refractivity contribution in [3.63, 3.8) is 0 Å². The number of thiazole rings is 1. The van der Waals surface area contributed by atoms with Crippen LogP contribution in [0.4, 0.5) is 14.6 Å². The Labute approximate surface area is 210 Å². The van der Waals surface area contributed by atoms with Gasteiger partial charge >= 0.3 is 0 Å². The van der Waals surface area contributed by atoms with Crippen LogP contribution in [0, 0.1) is 0 Å². The van der Waals surface area contributed by atoms with Crippen molar-refractivity contribution in [3.05, 3.63) is 28.5 Å². The number of hydrogen-bond acceptors (Lipinski definition) is 6. The molecule has 1 saturated heterocycles. The zero-order valence-corrected chi connectivity index (χ0v) is 21.9. The lowest BCUT2D eigenvalue weighted by Gasteiger charge is -2.21. The van der Waals surface area contributed by atoms with E-state index in [1.54, 1.807) is 4.90 Å². The largest absolute Gasteiger partial charge is 0.370 e.